The highest BCUT2D eigenvalue weighted by Crippen LogP contribution is 2.36. The molecular formula is C20H36N4O4. The number of ether oxygens (including phenoxy) is 1. The first kappa shape index (κ1) is 22.8. The van der Waals surface area contributed by atoms with Gasteiger partial charge in [0.05, 0.1) is 19.1 Å². The van der Waals surface area contributed by atoms with Crippen LogP contribution >= 0.6 is 0 Å². The van der Waals surface area contributed by atoms with Gasteiger partial charge in [0.25, 0.3) is 0 Å². The summed E-state index contributed by atoms with van der Waals surface area (Å²) >= 11 is 0. The van der Waals surface area contributed by atoms with Crippen LogP contribution in [0.3, 0.4) is 0 Å². The predicted octanol–water partition coefficient (Wildman–Crippen LogP) is 0.812. The van der Waals surface area contributed by atoms with E-state index in [-0.39, 0.29) is 36.1 Å². The molecule has 1 saturated heterocycles. The van der Waals surface area contributed by atoms with Crippen LogP contribution in [0.25, 0.3) is 0 Å². The lowest BCUT2D eigenvalue weighted by atomic mass is 9.74. The van der Waals surface area contributed by atoms with E-state index in [2.05, 4.69) is 10.2 Å². The number of hydrogen-bond acceptors (Lipinski definition) is 6. The Kier molecular flexibility index (Phi) is 8.85. The summed E-state index contributed by atoms with van der Waals surface area (Å²) in [6.07, 6.45) is 2.74. The van der Waals surface area contributed by atoms with Crippen LogP contribution in [0.4, 0.5) is 4.79 Å². The van der Waals surface area contributed by atoms with Crippen molar-refractivity contribution in [2.75, 3.05) is 60.5 Å². The van der Waals surface area contributed by atoms with Crippen LogP contribution in [0.1, 0.15) is 32.6 Å². The van der Waals surface area contributed by atoms with Crippen LogP contribution in [-0.2, 0) is 14.3 Å². The number of urea groups is 1. The molecule has 1 saturated carbocycles. The molecule has 0 aromatic carbocycles. The molecular weight excluding hydrogens is 360 g/mol. The van der Waals surface area contributed by atoms with Crippen molar-refractivity contribution in [1.82, 2.24) is 20.0 Å². The van der Waals surface area contributed by atoms with Crippen molar-refractivity contribution in [3.63, 3.8) is 0 Å². The number of hydrogen-bond donors (Lipinski definition) is 1. The van der Waals surface area contributed by atoms with E-state index in [9.17, 15) is 14.4 Å². The van der Waals surface area contributed by atoms with E-state index >= 15 is 0 Å². The molecule has 2 rings (SSSR count). The second-order valence-corrected chi connectivity index (χ2v) is 8.20. The summed E-state index contributed by atoms with van der Waals surface area (Å²) in [6.45, 7) is 4.82. The zero-order valence-corrected chi connectivity index (χ0v) is 17.8. The predicted molar refractivity (Wildman–Crippen MR) is 107 cm³/mol. The lowest BCUT2D eigenvalue weighted by molar-refractivity contribution is -0.138. The van der Waals surface area contributed by atoms with Gasteiger partial charge in [-0.3, -0.25) is 14.5 Å². The molecule has 2 fully saturated rings. The summed E-state index contributed by atoms with van der Waals surface area (Å²) in [6, 6.07) is 0.00333. The highest BCUT2D eigenvalue weighted by Gasteiger charge is 2.42. The number of Topliss-reactive ketones (excluding diaryl/α,β-unsaturated/α-hetero) is 1. The molecule has 8 nitrogen and oxygen atoms in total. The van der Waals surface area contributed by atoms with Crippen LogP contribution in [0, 0.1) is 11.8 Å². The van der Waals surface area contributed by atoms with Gasteiger partial charge >= 0.3 is 6.03 Å². The minimum Gasteiger partial charge on any atom is -0.380 e. The van der Waals surface area contributed by atoms with E-state index in [1.165, 1.54) is 4.90 Å². The third-order valence-electron chi connectivity index (χ3n) is 5.77. The third-order valence-corrected chi connectivity index (χ3v) is 5.77. The first-order chi connectivity index (χ1) is 13.3. The molecule has 0 aromatic heterocycles. The van der Waals surface area contributed by atoms with E-state index in [4.69, 9.17) is 4.74 Å². The molecule has 160 valence electrons. The quantitative estimate of drug-likeness (QED) is 0.612. The van der Waals surface area contributed by atoms with Crippen LogP contribution in [0.2, 0.25) is 0 Å². The van der Waals surface area contributed by atoms with Crippen molar-refractivity contribution < 1.29 is 19.1 Å². The molecule has 1 N–H and O–H groups in total. The van der Waals surface area contributed by atoms with Crippen LogP contribution < -0.4 is 5.32 Å². The standard InChI is InChI=1S/C20H36N4O4/c1-5-28-11-10-24(20(27)21-8-9-22(2)3)19(26)16-12-15-13-17(25)6-7-18(15)23(4)14-16/h15-16,18H,5-14H2,1-4H3,(H,21,27)/t15-,16-,18-/m1/s1. The number of ketones is 1. The van der Waals surface area contributed by atoms with Gasteiger partial charge in [-0.05, 0) is 46.8 Å². The molecule has 0 aromatic rings. The molecule has 3 amide bonds. The summed E-state index contributed by atoms with van der Waals surface area (Å²) in [5.41, 5.74) is 0. The van der Waals surface area contributed by atoms with Crippen LogP contribution in [0.5, 0.6) is 0 Å². The van der Waals surface area contributed by atoms with Gasteiger partial charge in [-0.25, -0.2) is 4.79 Å². The van der Waals surface area contributed by atoms with Gasteiger partial charge in [0.2, 0.25) is 5.91 Å². The number of nitrogens with zero attached hydrogens (tertiary/aromatic N) is 3. The van der Waals surface area contributed by atoms with Gasteiger partial charge in [-0.1, -0.05) is 0 Å². The summed E-state index contributed by atoms with van der Waals surface area (Å²) in [4.78, 5) is 43.3. The van der Waals surface area contributed by atoms with E-state index in [0.717, 1.165) is 6.42 Å². The second-order valence-electron chi connectivity index (χ2n) is 8.20. The summed E-state index contributed by atoms with van der Waals surface area (Å²) in [5.74, 6) is 0.0700. The summed E-state index contributed by atoms with van der Waals surface area (Å²) < 4.78 is 5.38. The van der Waals surface area contributed by atoms with Crippen molar-refractivity contribution in [2.24, 2.45) is 11.8 Å². The molecule has 0 radical (unpaired) electrons. The lowest BCUT2D eigenvalue weighted by Crippen LogP contribution is -2.55. The average Bonchev–Trinajstić information content (AvgIpc) is 2.64. The Hall–Kier alpha value is -1.51. The molecule has 1 aliphatic heterocycles. The van der Waals surface area contributed by atoms with Crippen molar-refractivity contribution in [1.29, 1.82) is 0 Å². The molecule has 0 bridgehead atoms. The van der Waals surface area contributed by atoms with Crippen LogP contribution in [-0.4, -0.2) is 99.0 Å². The molecule has 1 aliphatic carbocycles. The minimum absolute atomic E-state index is 0.162. The van der Waals surface area contributed by atoms with E-state index < -0.39 is 0 Å². The summed E-state index contributed by atoms with van der Waals surface area (Å²) in [7, 11) is 5.89. The number of amides is 3. The van der Waals surface area contributed by atoms with Gasteiger partial charge in [0.1, 0.15) is 5.78 Å². The SMILES string of the molecule is CCOCCN(C(=O)NCCN(C)C)C(=O)[C@@H]1C[C@@H]2CC(=O)CC[C@H]2N(C)C1. The van der Waals surface area contributed by atoms with E-state index in [1.54, 1.807) is 0 Å². The fraction of sp³-hybridized carbons (Fsp3) is 0.850. The Bertz CT molecular complexity index is 554. The maximum Gasteiger partial charge on any atom is 0.324 e. The fourth-order valence-corrected chi connectivity index (χ4v) is 4.31. The van der Waals surface area contributed by atoms with Gasteiger partial charge in [-0.2, -0.15) is 0 Å². The van der Waals surface area contributed by atoms with Gasteiger partial charge in [-0.15, -0.1) is 0 Å². The van der Waals surface area contributed by atoms with Crippen molar-refractivity contribution >= 4 is 17.7 Å². The lowest BCUT2D eigenvalue weighted by Gasteiger charge is -2.45. The highest BCUT2D eigenvalue weighted by atomic mass is 16.5. The average molecular weight is 397 g/mol. The normalized spacial score (nSPS) is 25.5. The van der Waals surface area contributed by atoms with E-state index in [0.29, 0.717) is 58.2 Å². The monoisotopic (exact) mass is 396 g/mol. The number of likely N-dealkylation sites (tertiary alicyclic amines) is 1. The highest BCUT2D eigenvalue weighted by molar-refractivity contribution is 5.95. The smallest absolute Gasteiger partial charge is 0.324 e. The zero-order valence-electron chi connectivity index (χ0n) is 17.8. The number of carbonyl (C=O) groups is 3. The maximum atomic E-state index is 13.2. The Balaban J connectivity index is 2.02. The number of nitrogens with one attached hydrogen (secondary N) is 1. The Morgan fingerprint density at radius 1 is 1.29 bits per heavy atom. The molecule has 0 spiro atoms. The van der Waals surface area contributed by atoms with Crippen molar-refractivity contribution in [3.8, 4) is 0 Å². The minimum atomic E-state index is -0.365. The topological polar surface area (TPSA) is 82.2 Å². The van der Waals surface area contributed by atoms with Gasteiger partial charge in [0.15, 0.2) is 0 Å². The fourth-order valence-electron chi connectivity index (χ4n) is 4.31. The first-order valence-electron chi connectivity index (χ1n) is 10.4. The first-order valence-corrected chi connectivity index (χ1v) is 10.4. The third kappa shape index (κ3) is 6.25. The molecule has 3 atom stereocenters. The Morgan fingerprint density at radius 2 is 2.04 bits per heavy atom. The Morgan fingerprint density at radius 3 is 2.71 bits per heavy atom. The van der Waals surface area contributed by atoms with Crippen LogP contribution in [0.15, 0.2) is 0 Å². The van der Waals surface area contributed by atoms with Crippen molar-refractivity contribution in [2.45, 2.75) is 38.6 Å². The number of imide groups is 1. The second kappa shape index (κ2) is 10.9. The molecule has 0 unspecified atom stereocenters. The number of piperidine rings is 1. The zero-order chi connectivity index (χ0) is 20.7. The molecule has 28 heavy (non-hydrogen) atoms. The Labute approximate surface area is 168 Å². The maximum absolute atomic E-state index is 13.2. The number of likely N-dealkylation sites (N-methyl/N-ethyl adjacent to an activating group) is 1. The number of carbonyl (C=O) groups excluding carboxylic acids is 3. The van der Waals surface area contributed by atoms with Gasteiger partial charge in [0, 0.05) is 45.1 Å². The largest absolute Gasteiger partial charge is 0.380 e. The van der Waals surface area contributed by atoms with Gasteiger partial charge < -0.3 is 19.9 Å². The number of fused-ring (bicyclic) bond motifs is 1. The summed E-state index contributed by atoms with van der Waals surface area (Å²) in [5, 5.41) is 2.84. The number of rotatable bonds is 8. The molecule has 1 heterocycles. The molecule has 2 aliphatic rings. The van der Waals surface area contributed by atoms with Crippen molar-refractivity contribution in [3.05, 3.63) is 0 Å². The van der Waals surface area contributed by atoms with E-state index in [1.807, 2.05) is 33.0 Å². The molecule has 8 heteroatoms.